The lowest BCUT2D eigenvalue weighted by Gasteiger charge is -2.62. The number of benzene rings is 1. The summed E-state index contributed by atoms with van der Waals surface area (Å²) < 4.78 is 0. The molecular weight excluding hydrogens is 544 g/mol. The van der Waals surface area contributed by atoms with Crippen LogP contribution in [0.25, 0.3) is 0 Å². The van der Waals surface area contributed by atoms with Gasteiger partial charge in [-0.15, -0.1) is 0 Å². The van der Waals surface area contributed by atoms with Gasteiger partial charge in [-0.25, -0.2) is 0 Å². The third-order valence-electron chi connectivity index (χ3n) is 16.7. The molecule has 0 radical (unpaired) electrons. The number of aromatic hydroxyl groups is 1. The number of phenolic OH excluding ortho intramolecular Hbond substituents is 1. The third kappa shape index (κ3) is 4.28. The van der Waals surface area contributed by atoms with E-state index in [4.69, 9.17) is 0 Å². The smallest absolute Gasteiger partial charge is 0.123 e. The van der Waals surface area contributed by atoms with Gasteiger partial charge in [0.1, 0.15) is 5.75 Å². The van der Waals surface area contributed by atoms with Gasteiger partial charge in [-0.2, -0.15) is 0 Å². The van der Waals surface area contributed by atoms with E-state index in [0.29, 0.717) is 5.41 Å². The van der Waals surface area contributed by atoms with E-state index in [0.717, 1.165) is 59.0 Å². The van der Waals surface area contributed by atoms with E-state index in [-0.39, 0.29) is 21.7 Å². The Kier molecular flexibility index (Phi) is 5.90. The average Bonchev–Trinajstić information content (AvgIpc) is 2.89. The van der Waals surface area contributed by atoms with Crippen LogP contribution in [0.4, 0.5) is 0 Å². The minimum Gasteiger partial charge on any atom is -0.507 e. The summed E-state index contributed by atoms with van der Waals surface area (Å²) in [5, 5.41) is 13.4. The second-order valence-corrected chi connectivity index (χ2v) is 22.3. The van der Waals surface area contributed by atoms with Crippen molar-refractivity contribution in [2.45, 2.75) is 178 Å². The molecule has 0 aromatic heterocycles. The zero-order valence-corrected chi connectivity index (χ0v) is 29.7. The molecule has 12 bridgehead atoms. The first-order chi connectivity index (χ1) is 21.3. The van der Waals surface area contributed by atoms with Crippen LogP contribution >= 0.6 is 0 Å². The van der Waals surface area contributed by atoms with Crippen LogP contribution in [0.15, 0.2) is 6.07 Å². The lowest BCUT2D eigenvalue weighted by atomic mass is 9.42. The Morgan fingerprint density at radius 1 is 0.511 bits per heavy atom. The molecule has 0 saturated heterocycles. The highest BCUT2D eigenvalue weighted by Crippen LogP contribution is 2.70. The number of hydrogen-bond acceptors (Lipinski definition) is 1. The van der Waals surface area contributed by atoms with Gasteiger partial charge in [-0.1, -0.05) is 40.7 Å². The number of hydrogen-bond donors (Lipinski definition) is 1. The molecule has 1 heteroatoms. The van der Waals surface area contributed by atoms with Crippen molar-refractivity contribution in [2.24, 2.45) is 58.7 Å². The Bertz CT molecular complexity index is 1290. The third-order valence-corrected chi connectivity index (χ3v) is 16.7. The molecule has 0 amide bonds. The van der Waals surface area contributed by atoms with E-state index in [2.05, 4.69) is 40.7 Å². The van der Waals surface area contributed by atoms with Gasteiger partial charge in [0.25, 0.3) is 0 Å². The quantitative estimate of drug-likeness (QED) is 0.352. The molecular formula is C44H64O. The molecule has 1 aromatic rings. The molecule has 0 unspecified atom stereocenters. The maximum Gasteiger partial charge on any atom is 0.123 e. The fourth-order valence-corrected chi connectivity index (χ4v) is 17.4. The lowest BCUT2D eigenvalue weighted by molar-refractivity contribution is -0.0204. The predicted molar refractivity (Wildman–Crippen MR) is 185 cm³/mol. The van der Waals surface area contributed by atoms with Crippen LogP contribution in [0.1, 0.15) is 179 Å². The highest BCUT2D eigenvalue weighted by molar-refractivity contribution is 5.62. The van der Waals surface area contributed by atoms with Crippen molar-refractivity contribution in [1.29, 1.82) is 0 Å². The van der Waals surface area contributed by atoms with E-state index >= 15 is 0 Å². The van der Waals surface area contributed by atoms with Crippen molar-refractivity contribution >= 4 is 0 Å². The van der Waals surface area contributed by atoms with Gasteiger partial charge in [0.2, 0.25) is 0 Å². The van der Waals surface area contributed by atoms with Gasteiger partial charge < -0.3 is 5.11 Å². The maximum absolute atomic E-state index is 13.4. The molecule has 12 aliphatic rings. The molecule has 12 fully saturated rings. The summed E-state index contributed by atoms with van der Waals surface area (Å²) in [6.07, 6.45) is 27.2. The topological polar surface area (TPSA) is 20.2 Å². The molecule has 0 atom stereocenters. The normalized spacial score (nSPS) is 49.0. The molecule has 13 rings (SSSR count). The van der Waals surface area contributed by atoms with Crippen LogP contribution < -0.4 is 0 Å². The van der Waals surface area contributed by atoms with Crippen LogP contribution in [0.5, 0.6) is 5.75 Å². The predicted octanol–water partition coefficient (Wildman–Crippen LogP) is 11.5. The Morgan fingerprint density at radius 3 is 1.16 bits per heavy atom. The molecule has 12 aliphatic carbocycles. The summed E-state index contributed by atoms with van der Waals surface area (Å²) in [7, 11) is 0. The van der Waals surface area contributed by atoms with Gasteiger partial charge >= 0.3 is 0 Å². The van der Waals surface area contributed by atoms with Crippen LogP contribution in [-0.2, 0) is 21.7 Å². The first-order valence-corrected chi connectivity index (χ1v) is 20.2. The lowest BCUT2D eigenvalue weighted by Crippen LogP contribution is -2.54. The Morgan fingerprint density at radius 2 is 0.822 bits per heavy atom. The fraction of sp³-hybridized carbons (Fsp3) is 0.864. The monoisotopic (exact) mass is 608 g/mol. The number of phenols is 1. The van der Waals surface area contributed by atoms with Crippen molar-refractivity contribution in [3.05, 3.63) is 28.3 Å². The molecule has 12 saturated carbocycles. The van der Waals surface area contributed by atoms with Crippen molar-refractivity contribution in [3.8, 4) is 5.75 Å². The standard InChI is InChI=1S/C44H64O/c1-40(2,3)25-41(4,5)35-15-36(42-16-26-6-27(17-42)8-28(7-26)18-42)39(45)38(44-22-32-12-33(23-44)14-34(13-32)24-44)37(35)43-19-29-9-30(20-43)11-31(10-29)21-43/h15,26-34,45H,6-14,16-25H2,1-5H3. The summed E-state index contributed by atoms with van der Waals surface area (Å²) in [6.45, 7) is 12.7. The fourth-order valence-electron chi connectivity index (χ4n) is 17.4. The zero-order valence-electron chi connectivity index (χ0n) is 29.7. The Hall–Kier alpha value is -0.980. The zero-order chi connectivity index (χ0) is 30.7. The molecule has 1 aromatic carbocycles. The second-order valence-electron chi connectivity index (χ2n) is 22.3. The van der Waals surface area contributed by atoms with E-state index in [9.17, 15) is 5.11 Å². The summed E-state index contributed by atoms with van der Waals surface area (Å²) in [6, 6.07) is 2.78. The second kappa shape index (κ2) is 9.17. The largest absolute Gasteiger partial charge is 0.507 e. The van der Waals surface area contributed by atoms with Gasteiger partial charge in [0, 0.05) is 16.5 Å². The first kappa shape index (κ1) is 29.0. The van der Waals surface area contributed by atoms with Gasteiger partial charge in [0.15, 0.2) is 0 Å². The molecule has 0 heterocycles. The highest BCUT2D eigenvalue weighted by Gasteiger charge is 2.60. The Balaban J connectivity index is 1.26. The van der Waals surface area contributed by atoms with Crippen molar-refractivity contribution in [2.75, 3.05) is 0 Å². The van der Waals surface area contributed by atoms with Crippen LogP contribution in [0.2, 0.25) is 0 Å². The Labute approximate surface area is 275 Å². The molecule has 246 valence electrons. The van der Waals surface area contributed by atoms with E-state index in [1.165, 1.54) is 128 Å². The van der Waals surface area contributed by atoms with Gasteiger partial charge in [0.05, 0.1) is 0 Å². The molecule has 45 heavy (non-hydrogen) atoms. The van der Waals surface area contributed by atoms with Gasteiger partial charge in [-0.05, 0) is 208 Å². The molecule has 0 spiro atoms. The molecule has 0 aliphatic heterocycles. The van der Waals surface area contributed by atoms with Crippen molar-refractivity contribution in [3.63, 3.8) is 0 Å². The molecule has 1 nitrogen and oxygen atoms in total. The van der Waals surface area contributed by atoms with E-state index in [1.807, 2.05) is 0 Å². The SMILES string of the molecule is CC(C)(C)CC(C)(C)c1cc(C23CC4CC(CC(C4)C2)C3)c(O)c(C23CC4CC(CC(C4)C2)C3)c1C12CC3CC(CC(C3)C1)C2. The highest BCUT2D eigenvalue weighted by atomic mass is 16.3. The first-order valence-electron chi connectivity index (χ1n) is 20.2. The van der Waals surface area contributed by atoms with Crippen molar-refractivity contribution < 1.29 is 5.11 Å². The summed E-state index contributed by atoms with van der Waals surface area (Å²) >= 11 is 0. The average molecular weight is 609 g/mol. The summed E-state index contributed by atoms with van der Waals surface area (Å²) in [5.41, 5.74) is 7.82. The summed E-state index contributed by atoms with van der Waals surface area (Å²) in [4.78, 5) is 0. The van der Waals surface area contributed by atoms with Crippen LogP contribution in [0, 0.1) is 58.7 Å². The van der Waals surface area contributed by atoms with Gasteiger partial charge in [-0.3, -0.25) is 0 Å². The maximum atomic E-state index is 13.4. The molecule has 1 N–H and O–H groups in total. The van der Waals surface area contributed by atoms with Crippen LogP contribution in [-0.4, -0.2) is 5.11 Å². The summed E-state index contributed by atoms with van der Waals surface area (Å²) in [5.74, 6) is 9.15. The minimum atomic E-state index is 0.110. The van der Waals surface area contributed by atoms with E-state index in [1.54, 1.807) is 16.7 Å². The van der Waals surface area contributed by atoms with Crippen molar-refractivity contribution in [1.82, 2.24) is 0 Å². The number of rotatable bonds is 5. The minimum absolute atomic E-state index is 0.110. The van der Waals surface area contributed by atoms with Crippen LogP contribution in [0.3, 0.4) is 0 Å². The van der Waals surface area contributed by atoms with E-state index < -0.39 is 0 Å².